The Hall–Kier alpha value is -4.30. The third kappa shape index (κ3) is 7.01. The molecule has 14 heteroatoms. The van der Waals surface area contributed by atoms with E-state index in [-0.39, 0.29) is 44.1 Å². The summed E-state index contributed by atoms with van der Waals surface area (Å²) < 4.78 is 32.6. The Morgan fingerprint density at radius 1 is 0.950 bits per heavy atom. The lowest BCUT2D eigenvalue weighted by molar-refractivity contribution is -0.197. The van der Waals surface area contributed by atoms with Gasteiger partial charge in [0.2, 0.25) is 0 Å². The number of pyridine rings is 2. The van der Waals surface area contributed by atoms with E-state index in [1.807, 2.05) is 6.07 Å². The Bertz CT molecular complexity index is 1590. The first-order valence-corrected chi connectivity index (χ1v) is 14.1. The molecular weight excluding hydrogens is 544 g/mol. The van der Waals surface area contributed by atoms with Crippen LogP contribution in [0, 0.1) is 0 Å². The van der Waals surface area contributed by atoms with E-state index in [0.29, 0.717) is 27.9 Å². The number of unbranched alkanes of at least 4 members (excludes halogenated alkanes) is 2. The number of nitrogens with one attached hydrogen (secondary N) is 1. The van der Waals surface area contributed by atoms with E-state index in [4.69, 9.17) is 4.84 Å². The van der Waals surface area contributed by atoms with E-state index in [1.165, 1.54) is 12.3 Å². The fourth-order valence-corrected chi connectivity index (χ4v) is 5.03. The molecule has 2 aromatic heterocycles. The van der Waals surface area contributed by atoms with Crippen molar-refractivity contribution < 1.29 is 41.8 Å². The summed E-state index contributed by atoms with van der Waals surface area (Å²) in [7, 11) is -4.61. The molecule has 3 aromatic rings. The summed E-state index contributed by atoms with van der Waals surface area (Å²) in [6.07, 6.45) is 3.64. The van der Waals surface area contributed by atoms with Gasteiger partial charge in [0, 0.05) is 48.8 Å². The van der Waals surface area contributed by atoms with Gasteiger partial charge < -0.3 is 10.2 Å². The number of imide groups is 1. The predicted octanol–water partition coefficient (Wildman–Crippen LogP) is 1.90. The summed E-state index contributed by atoms with van der Waals surface area (Å²) in [5.41, 5.74) is 1.18. The molecule has 3 heterocycles. The summed E-state index contributed by atoms with van der Waals surface area (Å²) in [6, 6.07) is 6.98. The lowest BCUT2D eigenvalue weighted by Gasteiger charge is -2.17. The summed E-state index contributed by atoms with van der Waals surface area (Å²) in [4.78, 5) is 74.3. The second kappa shape index (κ2) is 12.3. The molecule has 1 unspecified atom stereocenters. The fraction of sp³-hybridized carbons (Fsp3) is 0.346. The maximum Gasteiger partial charge on any atom is 0.333 e. The molecule has 2 N–H and O–H groups in total. The number of carbonyl (C=O) groups excluding carboxylic acids is 5. The molecule has 0 bridgehead atoms. The van der Waals surface area contributed by atoms with Crippen LogP contribution >= 0.6 is 0 Å². The second-order valence-corrected chi connectivity index (χ2v) is 10.7. The molecule has 0 spiro atoms. The molecular formula is C26H26N4O9S. The van der Waals surface area contributed by atoms with Crippen LogP contribution in [0.15, 0.2) is 42.7 Å². The van der Waals surface area contributed by atoms with Gasteiger partial charge in [-0.3, -0.25) is 33.7 Å². The topological polar surface area (TPSA) is 190 Å². The lowest BCUT2D eigenvalue weighted by Crippen LogP contribution is -2.45. The van der Waals surface area contributed by atoms with Crippen LogP contribution in [0.4, 0.5) is 0 Å². The van der Waals surface area contributed by atoms with E-state index in [1.54, 1.807) is 24.4 Å². The number of nitrogens with zero attached hydrogens (tertiary/aromatic N) is 3. The van der Waals surface area contributed by atoms with E-state index < -0.39 is 51.4 Å². The average Bonchev–Trinajstić information content (AvgIpc) is 3.23. The molecule has 1 aliphatic rings. The Labute approximate surface area is 228 Å². The number of hydrogen-bond donors (Lipinski definition) is 2. The minimum Gasteiger partial charge on any atom is -0.341 e. The first-order valence-electron chi connectivity index (χ1n) is 12.5. The van der Waals surface area contributed by atoms with Crippen molar-refractivity contribution in [1.82, 2.24) is 20.3 Å². The van der Waals surface area contributed by atoms with E-state index in [0.717, 1.165) is 5.39 Å². The van der Waals surface area contributed by atoms with Crippen molar-refractivity contribution >= 4 is 61.4 Å². The van der Waals surface area contributed by atoms with Gasteiger partial charge in [-0.25, -0.2) is 4.79 Å². The van der Waals surface area contributed by atoms with Crippen LogP contribution in [0.1, 0.15) is 55.3 Å². The highest BCUT2D eigenvalue weighted by Gasteiger charge is 2.32. The standard InChI is InChI=1S/C26H26N4O9S/c31-20(6-2-1-3-7-23(34)39-30-21(32)10-11-22(30)33)19(15-40(36,37)38)29-26(35)18-12-14-28-25-17(18)9-8-16-5-4-13-27-24(16)25/h4-5,8-9,12-14,19H,1-3,6-7,10-11,15H2,(H,29,35)(H,36,37,38). The number of Topliss-reactive ketones (excluding diaryl/α,β-unsaturated/α-hetero) is 1. The number of ketones is 1. The van der Waals surface area contributed by atoms with Crippen molar-refractivity contribution in [1.29, 1.82) is 0 Å². The van der Waals surface area contributed by atoms with E-state index >= 15 is 0 Å². The van der Waals surface area contributed by atoms with Gasteiger partial charge >= 0.3 is 5.97 Å². The summed E-state index contributed by atoms with van der Waals surface area (Å²) in [5.74, 6) is -4.28. The molecule has 0 saturated carbocycles. The van der Waals surface area contributed by atoms with Gasteiger partial charge in [0.25, 0.3) is 27.8 Å². The van der Waals surface area contributed by atoms with Gasteiger partial charge in [-0.1, -0.05) is 24.6 Å². The quantitative estimate of drug-likeness (QED) is 0.140. The van der Waals surface area contributed by atoms with Crippen LogP contribution in [-0.2, 0) is 34.1 Å². The van der Waals surface area contributed by atoms with E-state index in [9.17, 15) is 36.9 Å². The van der Waals surface area contributed by atoms with Gasteiger partial charge in [0.05, 0.1) is 16.6 Å². The summed E-state index contributed by atoms with van der Waals surface area (Å²) in [5, 5.41) is 4.14. The molecule has 0 radical (unpaired) electrons. The Morgan fingerprint density at radius 3 is 2.38 bits per heavy atom. The second-order valence-electron chi connectivity index (χ2n) is 9.24. The maximum atomic E-state index is 13.1. The monoisotopic (exact) mass is 570 g/mol. The first-order chi connectivity index (χ1) is 19.0. The number of amides is 3. The molecule has 3 amide bonds. The largest absolute Gasteiger partial charge is 0.341 e. The van der Waals surface area contributed by atoms with Crippen molar-refractivity contribution in [2.24, 2.45) is 0 Å². The molecule has 1 fully saturated rings. The van der Waals surface area contributed by atoms with E-state index in [2.05, 4.69) is 15.3 Å². The molecule has 40 heavy (non-hydrogen) atoms. The van der Waals surface area contributed by atoms with Crippen molar-refractivity contribution in [3.63, 3.8) is 0 Å². The predicted molar refractivity (Wildman–Crippen MR) is 140 cm³/mol. The number of hydroxylamine groups is 2. The highest BCUT2D eigenvalue weighted by Crippen LogP contribution is 2.24. The van der Waals surface area contributed by atoms with Crippen molar-refractivity contribution in [3.05, 3.63) is 48.3 Å². The molecule has 0 aliphatic carbocycles. The normalized spacial score (nSPS) is 14.5. The lowest BCUT2D eigenvalue weighted by atomic mass is 10.0. The summed E-state index contributed by atoms with van der Waals surface area (Å²) in [6.45, 7) is 0. The van der Waals surface area contributed by atoms with Crippen molar-refractivity contribution in [2.45, 2.75) is 51.0 Å². The molecule has 1 saturated heterocycles. The highest BCUT2D eigenvalue weighted by atomic mass is 32.2. The highest BCUT2D eigenvalue weighted by molar-refractivity contribution is 7.85. The molecule has 13 nitrogen and oxygen atoms in total. The van der Waals surface area contributed by atoms with Gasteiger partial charge in [-0.05, 0) is 25.0 Å². The van der Waals surface area contributed by atoms with Crippen molar-refractivity contribution in [2.75, 3.05) is 5.75 Å². The zero-order chi connectivity index (χ0) is 28.9. The Kier molecular flexibility index (Phi) is 8.80. The molecule has 1 aliphatic heterocycles. The van der Waals surface area contributed by atoms with Gasteiger partial charge in [-0.15, -0.1) is 5.06 Å². The van der Waals surface area contributed by atoms with Crippen LogP contribution in [0.2, 0.25) is 0 Å². The Morgan fingerprint density at radius 2 is 1.65 bits per heavy atom. The van der Waals surface area contributed by atoms with Gasteiger partial charge in [0.1, 0.15) is 11.8 Å². The minimum absolute atomic E-state index is 0.0129. The SMILES string of the molecule is O=C(CCCCCC(=O)C(CS(=O)(=O)O)NC(=O)c1ccnc2c1ccc1cccnc12)ON1C(=O)CCC1=O. The van der Waals surface area contributed by atoms with Crippen LogP contribution in [0.3, 0.4) is 0 Å². The minimum atomic E-state index is -4.61. The number of carbonyl (C=O) groups is 5. The van der Waals surface area contributed by atoms with Crippen LogP contribution < -0.4 is 5.32 Å². The zero-order valence-electron chi connectivity index (χ0n) is 21.2. The number of hydrogen-bond acceptors (Lipinski definition) is 10. The van der Waals surface area contributed by atoms with Crippen LogP contribution in [-0.4, -0.2) is 69.3 Å². The molecule has 1 atom stereocenters. The smallest absolute Gasteiger partial charge is 0.333 e. The fourth-order valence-electron chi connectivity index (χ4n) is 4.34. The number of aromatic nitrogens is 2. The van der Waals surface area contributed by atoms with Crippen molar-refractivity contribution in [3.8, 4) is 0 Å². The average molecular weight is 571 g/mol. The summed E-state index contributed by atoms with van der Waals surface area (Å²) >= 11 is 0. The number of benzene rings is 1. The van der Waals surface area contributed by atoms with Gasteiger partial charge in [0.15, 0.2) is 5.78 Å². The molecule has 1 aromatic carbocycles. The van der Waals surface area contributed by atoms with Crippen LogP contribution in [0.5, 0.6) is 0 Å². The zero-order valence-corrected chi connectivity index (χ0v) is 22.1. The first kappa shape index (κ1) is 28.7. The van der Waals surface area contributed by atoms with Gasteiger partial charge in [-0.2, -0.15) is 8.42 Å². The maximum absolute atomic E-state index is 13.1. The molecule has 4 rings (SSSR count). The third-order valence-corrected chi connectivity index (χ3v) is 7.06. The van der Waals surface area contributed by atoms with Crippen LogP contribution in [0.25, 0.3) is 21.8 Å². The number of rotatable bonds is 12. The Balaban J connectivity index is 1.36. The number of fused-ring (bicyclic) bond motifs is 3. The third-order valence-electron chi connectivity index (χ3n) is 6.30. The molecule has 210 valence electrons.